The molecule has 22 heavy (non-hydrogen) atoms. The number of Topliss-reactive ketones (excluding diaryl/α,β-unsaturated/α-hetero) is 2. The van der Waals surface area contributed by atoms with Crippen molar-refractivity contribution in [2.75, 3.05) is 0 Å². The maximum atomic E-state index is 12.6. The van der Waals surface area contributed by atoms with E-state index >= 15 is 0 Å². The van der Waals surface area contributed by atoms with E-state index in [-0.39, 0.29) is 17.5 Å². The van der Waals surface area contributed by atoms with Crippen molar-refractivity contribution in [1.82, 2.24) is 9.55 Å². The monoisotopic (exact) mass is 296 g/mol. The van der Waals surface area contributed by atoms with Gasteiger partial charge >= 0.3 is 0 Å². The Morgan fingerprint density at radius 3 is 2.32 bits per heavy atom. The number of ketones is 2. The summed E-state index contributed by atoms with van der Waals surface area (Å²) >= 11 is 0. The molecule has 1 aromatic heterocycles. The molecule has 0 bridgehead atoms. The molecule has 1 aliphatic carbocycles. The van der Waals surface area contributed by atoms with E-state index in [9.17, 15) is 9.59 Å². The number of hydrogen-bond donors (Lipinski definition) is 0. The molecule has 3 rings (SSSR count). The third-order valence-corrected chi connectivity index (χ3v) is 4.54. The van der Waals surface area contributed by atoms with Crippen LogP contribution in [0.1, 0.15) is 52.9 Å². The number of carbonyl (C=O) groups excluding carboxylic acids is 2. The van der Waals surface area contributed by atoms with Crippen molar-refractivity contribution in [3.05, 3.63) is 52.6 Å². The molecule has 0 saturated carbocycles. The van der Waals surface area contributed by atoms with Crippen LogP contribution >= 0.6 is 0 Å². The molecule has 0 amide bonds. The van der Waals surface area contributed by atoms with Crippen molar-refractivity contribution in [1.29, 1.82) is 0 Å². The number of nitrogens with zero attached hydrogens (tertiary/aromatic N) is 2. The van der Waals surface area contributed by atoms with Crippen LogP contribution in [-0.2, 0) is 11.3 Å². The van der Waals surface area contributed by atoms with Crippen LogP contribution in [0.4, 0.5) is 0 Å². The molecule has 2 atom stereocenters. The molecule has 1 aromatic carbocycles. The van der Waals surface area contributed by atoms with Crippen LogP contribution < -0.4 is 0 Å². The molecular weight excluding hydrogens is 276 g/mol. The highest BCUT2D eigenvalue weighted by molar-refractivity contribution is 6.15. The van der Waals surface area contributed by atoms with Crippen molar-refractivity contribution < 1.29 is 9.59 Å². The summed E-state index contributed by atoms with van der Waals surface area (Å²) in [4.78, 5) is 29.2. The fourth-order valence-electron chi connectivity index (χ4n) is 3.06. The molecule has 0 saturated heterocycles. The minimum atomic E-state index is -0.574. The Labute approximate surface area is 130 Å². The van der Waals surface area contributed by atoms with E-state index in [0.717, 1.165) is 11.4 Å². The second-order valence-corrected chi connectivity index (χ2v) is 6.17. The summed E-state index contributed by atoms with van der Waals surface area (Å²) in [6.45, 7) is 8.08. The van der Waals surface area contributed by atoms with E-state index in [0.29, 0.717) is 17.9 Å². The lowest BCUT2D eigenvalue weighted by atomic mass is 9.82. The van der Waals surface area contributed by atoms with Gasteiger partial charge in [0.1, 0.15) is 11.5 Å². The fourth-order valence-corrected chi connectivity index (χ4v) is 3.06. The Hall–Kier alpha value is -2.23. The van der Waals surface area contributed by atoms with Crippen LogP contribution in [0, 0.1) is 19.8 Å². The second kappa shape index (κ2) is 5.20. The van der Waals surface area contributed by atoms with Crippen molar-refractivity contribution >= 4 is 11.6 Å². The van der Waals surface area contributed by atoms with Crippen LogP contribution in [0.5, 0.6) is 0 Å². The van der Waals surface area contributed by atoms with E-state index in [1.807, 2.05) is 25.3 Å². The van der Waals surface area contributed by atoms with E-state index in [4.69, 9.17) is 0 Å². The molecule has 2 aromatic rings. The molecule has 2 unspecified atom stereocenters. The standard InChI is InChI=1S/C18H20N2O2/c1-10-5-7-14(8-6-10)9-20-13(4)19-15-11(2)17(21)12(3)18(22)16(15)20/h5-8,11-12H,9H2,1-4H3. The Morgan fingerprint density at radius 2 is 1.68 bits per heavy atom. The molecule has 114 valence electrons. The number of benzene rings is 1. The summed E-state index contributed by atoms with van der Waals surface area (Å²) < 4.78 is 1.95. The van der Waals surface area contributed by atoms with Gasteiger partial charge in [-0.15, -0.1) is 0 Å². The molecule has 0 N–H and O–H groups in total. The number of carbonyl (C=O) groups is 2. The van der Waals surface area contributed by atoms with Crippen molar-refractivity contribution in [2.24, 2.45) is 5.92 Å². The predicted octanol–water partition coefficient (Wildman–Crippen LogP) is 3.05. The summed E-state index contributed by atoms with van der Waals surface area (Å²) in [5.74, 6) is -0.230. The Morgan fingerprint density at radius 1 is 1.05 bits per heavy atom. The summed E-state index contributed by atoms with van der Waals surface area (Å²) in [6.07, 6.45) is 0. The second-order valence-electron chi connectivity index (χ2n) is 6.17. The van der Waals surface area contributed by atoms with Gasteiger partial charge in [0.15, 0.2) is 11.6 Å². The summed E-state index contributed by atoms with van der Waals surface area (Å²) in [5.41, 5.74) is 3.58. The van der Waals surface area contributed by atoms with Gasteiger partial charge in [0.2, 0.25) is 0 Å². The van der Waals surface area contributed by atoms with Gasteiger partial charge < -0.3 is 4.57 Å². The molecule has 0 aliphatic heterocycles. The van der Waals surface area contributed by atoms with Gasteiger partial charge in [-0.3, -0.25) is 9.59 Å². The predicted molar refractivity (Wildman–Crippen MR) is 84.2 cm³/mol. The number of aryl methyl sites for hydroxylation is 2. The Kier molecular flexibility index (Phi) is 3.47. The van der Waals surface area contributed by atoms with Gasteiger partial charge in [0.25, 0.3) is 0 Å². The zero-order chi connectivity index (χ0) is 16.0. The zero-order valence-electron chi connectivity index (χ0n) is 13.4. The van der Waals surface area contributed by atoms with Crippen LogP contribution in [-0.4, -0.2) is 21.1 Å². The first kappa shape index (κ1) is 14.7. The minimum Gasteiger partial charge on any atom is -0.321 e. The molecule has 1 aliphatic rings. The van der Waals surface area contributed by atoms with Crippen LogP contribution in [0.2, 0.25) is 0 Å². The first-order valence-electron chi connectivity index (χ1n) is 7.60. The van der Waals surface area contributed by atoms with Crippen LogP contribution in [0.25, 0.3) is 0 Å². The smallest absolute Gasteiger partial charge is 0.191 e. The number of hydrogen-bond acceptors (Lipinski definition) is 3. The third-order valence-electron chi connectivity index (χ3n) is 4.54. The topological polar surface area (TPSA) is 52.0 Å². The van der Waals surface area contributed by atoms with E-state index in [2.05, 4.69) is 29.2 Å². The van der Waals surface area contributed by atoms with Gasteiger partial charge in [0.05, 0.1) is 17.5 Å². The highest BCUT2D eigenvalue weighted by Gasteiger charge is 2.40. The van der Waals surface area contributed by atoms with Gasteiger partial charge in [-0.2, -0.15) is 0 Å². The highest BCUT2D eigenvalue weighted by atomic mass is 16.2. The summed E-state index contributed by atoms with van der Waals surface area (Å²) in [7, 11) is 0. The first-order valence-corrected chi connectivity index (χ1v) is 7.60. The molecule has 4 nitrogen and oxygen atoms in total. The molecule has 0 fully saturated rings. The zero-order valence-corrected chi connectivity index (χ0v) is 13.4. The Balaban J connectivity index is 2.07. The van der Waals surface area contributed by atoms with Crippen molar-refractivity contribution in [3.8, 4) is 0 Å². The molecule has 0 spiro atoms. The van der Waals surface area contributed by atoms with E-state index < -0.39 is 5.92 Å². The van der Waals surface area contributed by atoms with Gasteiger partial charge in [0, 0.05) is 6.54 Å². The lowest BCUT2D eigenvalue weighted by molar-refractivity contribution is -0.122. The van der Waals surface area contributed by atoms with Gasteiger partial charge in [-0.25, -0.2) is 4.98 Å². The van der Waals surface area contributed by atoms with Gasteiger partial charge in [-0.05, 0) is 33.3 Å². The lowest BCUT2D eigenvalue weighted by Crippen LogP contribution is -2.33. The first-order chi connectivity index (χ1) is 10.4. The quantitative estimate of drug-likeness (QED) is 0.800. The minimum absolute atomic E-state index is 0.0301. The maximum Gasteiger partial charge on any atom is 0.191 e. The maximum absolute atomic E-state index is 12.6. The average Bonchev–Trinajstić information content (AvgIpc) is 2.82. The summed E-state index contributed by atoms with van der Waals surface area (Å²) in [5, 5.41) is 0. The third kappa shape index (κ3) is 2.19. The van der Waals surface area contributed by atoms with Crippen LogP contribution in [0.3, 0.4) is 0 Å². The molecule has 4 heteroatoms. The van der Waals surface area contributed by atoms with E-state index in [1.54, 1.807) is 6.92 Å². The lowest BCUT2D eigenvalue weighted by Gasteiger charge is -2.22. The Bertz CT molecular complexity index is 756. The van der Waals surface area contributed by atoms with Gasteiger partial charge in [-0.1, -0.05) is 29.8 Å². The normalized spacial score (nSPS) is 21.1. The highest BCUT2D eigenvalue weighted by Crippen LogP contribution is 2.32. The SMILES string of the molecule is Cc1ccc(Cn2c(C)nc3c2C(=O)C(C)C(=O)C3C)cc1. The fraction of sp³-hybridized carbons (Fsp3) is 0.389. The molecular formula is C18H20N2O2. The number of aromatic nitrogens is 2. The molecule has 1 heterocycles. The largest absolute Gasteiger partial charge is 0.321 e. The van der Waals surface area contributed by atoms with Crippen molar-refractivity contribution in [3.63, 3.8) is 0 Å². The average molecular weight is 296 g/mol. The molecule has 0 radical (unpaired) electrons. The number of imidazole rings is 1. The number of fused-ring (bicyclic) bond motifs is 1. The summed E-state index contributed by atoms with van der Waals surface area (Å²) in [6, 6.07) is 8.24. The van der Waals surface area contributed by atoms with Crippen LogP contribution in [0.15, 0.2) is 24.3 Å². The number of rotatable bonds is 2. The van der Waals surface area contributed by atoms with E-state index in [1.165, 1.54) is 5.56 Å². The van der Waals surface area contributed by atoms with Crippen molar-refractivity contribution in [2.45, 2.75) is 40.2 Å².